The average Bonchev–Trinajstić information content (AvgIpc) is 2.42. The minimum atomic E-state index is -3.60. The molecule has 2 rings (SSSR count). The maximum atomic E-state index is 11.7. The SMILES string of the molecule is CNS(=O)(=O)c1ccc(Oc2ccc(Br)cc2Cl)cc1N. The lowest BCUT2D eigenvalue weighted by Crippen LogP contribution is -2.19. The van der Waals surface area contributed by atoms with E-state index in [9.17, 15) is 8.42 Å². The van der Waals surface area contributed by atoms with E-state index in [1.54, 1.807) is 18.2 Å². The van der Waals surface area contributed by atoms with E-state index >= 15 is 0 Å². The minimum Gasteiger partial charge on any atom is -0.456 e. The lowest BCUT2D eigenvalue weighted by atomic mass is 10.3. The molecule has 0 unspecified atom stereocenters. The second kappa shape index (κ2) is 6.23. The molecule has 0 saturated heterocycles. The maximum Gasteiger partial charge on any atom is 0.242 e. The molecular weight excluding hydrogens is 380 g/mol. The standard InChI is InChI=1S/C13H12BrClN2O3S/c1-17-21(18,19)13-5-3-9(7-11(13)16)20-12-4-2-8(14)6-10(12)15/h2-7,17H,16H2,1H3. The summed E-state index contributed by atoms with van der Waals surface area (Å²) < 4.78 is 32.1. The summed E-state index contributed by atoms with van der Waals surface area (Å²) in [6.45, 7) is 0. The topological polar surface area (TPSA) is 81.4 Å². The summed E-state index contributed by atoms with van der Waals surface area (Å²) in [5, 5.41) is 0.426. The Hall–Kier alpha value is -1.28. The van der Waals surface area contributed by atoms with Crippen LogP contribution in [0, 0.1) is 0 Å². The molecule has 8 heteroatoms. The van der Waals surface area contributed by atoms with E-state index in [0.29, 0.717) is 16.5 Å². The minimum absolute atomic E-state index is 0.000692. The molecule has 0 aromatic heterocycles. The molecule has 3 N–H and O–H groups in total. The van der Waals surface area contributed by atoms with Gasteiger partial charge in [-0.05, 0) is 37.4 Å². The summed E-state index contributed by atoms with van der Waals surface area (Å²) in [5.41, 5.74) is 5.85. The van der Waals surface area contributed by atoms with Gasteiger partial charge in [0.2, 0.25) is 10.0 Å². The van der Waals surface area contributed by atoms with Crippen LogP contribution >= 0.6 is 27.5 Å². The van der Waals surface area contributed by atoms with Crippen LogP contribution in [0.5, 0.6) is 11.5 Å². The molecule has 5 nitrogen and oxygen atoms in total. The zero-order chi connectivity index (χ0) is 15.6. The Balaban J connectivity index is 2.33. The van der Waals surface area contributed by atoms with Crippen LogP contribution in [0.1, 0.15) is 0 Å². The highest BCUT2D eigenvalue weighted by molar-refractivity contribution is 9.10. The molecule has 2 aromatic carbocycles. The van der Waals surface area contributed by atoms with E-state index in [4.69, 9.17) is 22.1 Å². The summed E-state index contributed by atoms with van der Waals surface area (Å²) >= 11 is 9.35. The second-order valence-corrected chi connectivity index (χ2v) is 7.26. The van der Waals surface area contributed by atoms with E-state index in [-0.39, 0.29) is 10.6 Å². The average molecular weight is 392 g/mol. The van der Waals surface area contributed by atoms with Crippen LogP contribution in [0.3, 0.4) is 0 Å². The van der Waals surface area contributed by atoms with Crippen LogP contribution in [0.2, 0.25) is 5.02 Å². The fourth-order valence-corrected chi connectivity index (χ4v) is 3.18. The van der Waals surface area contributed by atoms with E-state index in [1.165, 1.54) is 25.2 Å². The van der Waals surface area contributed by atoms with Gasteiger partial charge in [-0.3, -0.25) is 0 Å². The van der Waals surface area contributed by atoms with Crippen LogP contribution in [-0.2, 0) is 10.0 Å². The first-order valence-corrected chi connectivity index (χ1v) is 8.45. The highest BCUT2D eigenvalue weighted by Gasteiger charge is 2.16. The molecule has 0 heterocycles. The monoisotopic (exact) mass is 390 g/mol. The van der Waals surface area contributed by atoms with Crippen molar-refractivity contribution in [3.05, 3.63) is 45.9 Å². The van der Waals surface area contributed by atoms with Crippen LogP contribution in [0.25, 0.3) is 0 Å². The predicted octanol–water partition coefficient (Wildman–Crippen LogP) is 3.39. The second-order valence-electron chi connectivity index (χ2n) is 4.08. The smallest absolute Gasteiger partial charge is 0.242 e. The number of benzene rings is 2. The molecule has 2 aromatic rings. The van der Waals surface area contributed by atoms with Gasteiger partial charge in [0.1, 0.15) is 16.4 Å². The van der Waals surface area contributed by atoms with E-state index in [1.807, 2.05) is 0 Å². The molecular formula is C13H12BrClN2O3S. The van der Waals surface area contributed by atoms with Crippen molar-refractivity contribution in [1.29, 1.82) is 0 Å². The van der Waals surface area contributed by atoms with Gasteiger partial charge in [-0.15, -0.1) is 0 Å². The van der Waals surface area contributed by atoms with Crippen molar-refractivity contribution in [2.24, 2.45) is 0 Å². The number of halogens is 2. The summed E-state index contributed by atoms with van der Waals surface area (Å²) in [5.74, 6) is 0.843. The van der Waals surface area contributed by atoms with Crippen LogP contribution in [-0.4, -0.2) is 15.5 Å². The molecule has 0 aliphatic rings. The van der Waals surface area contributed by atoms with Crippen molar-refractivity contribution >= 4 is 43.2 Å². The Morgan fingerprint density at radius 1 is 1.24 bits per heavy atom. The van der Waals surface area contributed by atoms with Crippen molar-refractivity contribution in [3.8, 4) is 11.5 Å². The third-order valence-electron chi connectivity index (χ3n) is 2.66. The Kier molecular flexibility index (Phi) is 4.77. The van der Waals surface area contributed by atoms with Crippen molar-refractivity contribution in [1.82, 2.24) is 4.72 Å². The molecule has 0 aliphatic heterocycles. The fraction of sp³-hybridized carbons (Fsp3) is 0.0769. The van der Waals surface area contributed by atoms with Gasteiger partial charge in [0, 0.05) is 10.5 Å². The van der Waals surface area contributed by atoms with E-state index < -0.39 is 10.0 Å². The Morgan fingerprint density at radius 3 is 2.52 bits per heavy atom. The highest BCUT2D eigenvalue weighted by Crippen LogP contribution is 2.33. The Bertz CT molecular complexity index is 781. The number of hydrogen-bond donors (Lipinski definition) is 2. The van der Waals surface area contributed by atoms with Gasteiger partial charge in [-0.2, -0.15) is 0 Å². The summed E-state index contributed by atoms with van der Waals surface area (Å²) in [7, 11) is -2.27. The first-order chi connectivity index (χ1) is 9.83. The quantitative estimate of drug-likeness (QED) is 0.783. The Morgan fingerprint density at radius 2 is 1.95 bits per heavy atom. The number of nitrogen functional groups attached to an aromatic ring is 1. The molecule has 0 radical (unpaired) electrons. The molecule has 0 bridgehead atoms. The molecule has 0 amide bonds. The van der Waals surface area contributed by atoms with E-state index in [0.717, 1.165) is 4.47 Å². The first-order valence-electron chi connectivity index (χ1n) is 5.79. The van der Waals surface area contributed by atoms with Gasteiger partial charge in [0.25, 0.3) is 0 Å². The predicted molar refractivity (Wildman–Crippen MR) is 86.3 cm³/mol. The normalized spacial score (nSPS) is 11.4. The molecule has 0 spiro atoms. The van der Waals surface area contributed by atoms with Gasteiger partial charge < -0.3 is 10.5 Å². The third-order valence-corrected chi connectivity index (χ3v) is 4.94. The third kappa shape index (κ3) is 3.68. The van der Waals surface area contributed by atoms with Crippen molar-refractivity contribution in [3.63, 3.8) is 0 Å². The van der Waals surface area contributed by atoms with E-state index in [2.05, 4.69) is 20.7 Å². The maximum absolute atomic E-state index is 11.7. The summed E-state index contributed by atoms with van der Waals surface area (Å²) in [4.78, 5) is -0.000692. The van der Waals surface area contributed by atoms with Gasteiger partial charge in [0.15, 0.2) is 0 Å². The van der Waals surface area contributed by atoms with Crippen LogP contribution < -0.4 is 15.2 Å². The highest BCUT2D eigenvalue weighted by atomic mass is 79.9. The Labute approximate surface area is 136 Å². The summed E-state index contributed by atoms with van der Waals surface area (Å²) in [6.07, 6.45) is 0. The van der Waals surface area contributed by atoms with Gasteiger partial charge in [-0.25, -0.2) is 13.1 Å². The first kappa shape index (κ1) is 16.1. The number of sulfonamides is 1. The zero-order valence-corrected chi connectivity index (χ0v) is 14.1. The number of anilines is 1. The van der Waals surface area contributed by atoms with Crippen LogP contribution in [0.4, 0.5) is 5.69 Å². The van der Waals surface area contributed by atoms with Gasteiger partial charge in [0.05, 0.1) is 10.7 Å². The van der Waals surface area contributed by atoms with Gasteiger partial charge in [-0.1, -0.05) is 27.5 Å². The largest absolute Gasteiger partial charge is 0.456 e. The number of nitrogens with two attached hydrogens (primary N) is 1. The number of hydrogen-bond acceptors (Lipinski definition) is 4. The molecule has 0 saturated carbocycles. The van der Waals surface area contributed by atoms with Gasteiger partial charge >= 0.3 is 0 Å². The molecule has 0 atom stereocenters. The fourth-order valence-electron chi connectivity index (χ4n) is 1.63. The number of ether oxygens (including phenoxy) is 1. The van der Waals surface area contributed by atoms with Crippen molar-refractivity contribution in [2.45, 2.75) is 4.90 Å². The number of nitrogens with one attached hydrogen (secondary N) is 1. The lowest BCUT2D eigenvalue weighted by molar-refractivity contribution is 0.482. The molecule has 0 fully saturated rings. The lowest BCUT2D eigenvalue weighted by Gasteiger charge is -2.11. The van der Waals surface area contributed by atoms with Crippen molar-refractivity contribution < 1.29 is 13.2 Å². The zero-order valence-electron chi connectivity index (χ0n) is 10.9. The number of rotatable bonds is 4. The molecule has 112 valence electrons. The van der Waals surface area contributed by atoms with Crippen LogP contribution in [0.15, 0.2) is 45.8 Å². The molecule has 0 aliphatic carbocycles. The summed E-state index contributed by atoms with van der Waals surface area (Å²) in [6, 6.07) is 9.50. The van der Waals surface area contributed by atoms with Crippen molar-refractivity contribution in [2.75, 3.05) is 12.8 Å². The molecule has 21 heavy (non-hydrogen) atoms.